The van der Waals surface area contributed by atoms with Gasteiger partial charge in [0.1, 0.15) is 0 Å². The van der Waals surface area contributed by atoms with Gasteiger partial charge in [-0.1, -0.05) is 38.8 Å². The van der Waals surface area contributed by atoms with Crippen LogP contribution in [0.3, 0.4) is 0 Å². The van der Waals surface area contributed by atoms with Crippen LogP contribution < -0.4 is 5.32 Å². The van der Waals surface area contributed by atoms with Crippen LogP contribution in [0.1, 0.15) is 64.4 Å². The van der Waals surface area contributed by atoms with Gasteiger partial charge in [0, 0.05) is 25.2 Å². The fourth-order valence-corrected chi connectivity index (χ4v) is 3.52. The summed E-state index contributed by atoms with van der Waals surface area (Å²) >= 11 is 0. The molecule has 0 atom stereocenters. The summed E-state index contributed by atoms with van der Waals surface area (Å²) in [5.74, 6) is 0.0513. The largest absolute Gasteiger partial charge is 0.389 e. The number of hydrogen-bond donors (Lipinski definition) is 2. The molecule has 138 valence electrons. The molecule has 2 amide bonds. The Morgan fingerprint density at radius 1 is 1.20 bits per heavy atom. The zero-order valence-corrected chi connectivity index (χ0v) is 15.4. The molecular weight excluding hydrogens is 316 g/mol. The summed E-state index contributed by atoms with van der Waals surface area (Å²) in [6, 6.07) is 7.58. The monoisotopic (exact) mass is 346 g/mol. The molecular formula is C20H30N2O3. The highest BCUT2D eigenvalue weighted by atomic mass is 16.3. The normalized spacial score (nSPS) is 14.8. The van der Waals surface area contributed by atoms with Crippen molar-refractivity contribution in [1.82, 2.24) is 4.90 Å². The Balaban J connectivity index is 1.89. The zero-order valence-electron chi connectivity index (χ0n) is 15.4. The Hall–Kier alpha value is -1.88. The molecule has 1 aromatic rings. The fraction of sp³-hybridized carbons (Fsp3) is 0.600. The quantitative estimate of drug-likeness (QED) is 0.719. The number of rotatable bonds is 9. The second-order valence-corrected chi connectivity index (χ2v) is 7.07. The number of likely N-dealkylation sites (tertiary alicyclic amines) is 1. The summed E-state index contributed by atoms with van der Waals surface area (Å²) in [5.41, 5.74) is 0.863. The average Bonchev–Trinajstić information content (AvgIpc) is 2.94. The smallest absolute Gasteiger partial charge is 0.227 e. The van der Waals surface area contributed by atoms with Gasteiger partial charge in [-0.2, -0.15) is 0 Å². The molecule has 1 fully saturated rings. The van der Waals surface area contributed by atoms with E-state index in [2.05, 4.69) is 5.32 Å². The molecule has 25 heavy (non-hydrogen) atoms. The molecule has 1 saturated heterocycles. The summed E-state index contributed by atoms with van der Waals surface area (Å²) in [6.45, 7) is 5.48. The molecule has 2 N–H and O–H groups in total. The minimum atomic E-state index is -0.913. The average molecular weight is 346 g/mol. The Bertz CT molecular complexity index is 577. The number of carbonyl (C=O) groups excluding carboxylic acids is 2. The second kappa shape index (κ2) is 8.99. The van der Waals surface area contributed by atoms with Gasteiger partial charge in [0.25, 0.3) is 0 Å². The first-order chi connectivity index (χ1) is 12.0. The maximum atomic E-state index is 12.3. The summed E-state index contributed by atoms with van der Waals surface area (Å²) in [5, 5.41) is 13.5. The molecule has 0 saturated carbocycles. The van der Waals surface area contributed by atoms with Gasteiger partial charge in [-0.3, -0.25) is 9.59 Å². The third-order valence-corrected chi connectivity index (χ3v) is 4.70. The van der Waals surface area contributed by atoms with Gasteiger partial charge in [0.05, 0.1) is 12.0 Å². The van der Waals surface area contributed by atoms with Crippen LogP contribution >= 0.6 is 0 Å². The van der Waals surface area contributed by atoms with Crippen molar-refractivity contribution >= 4 is 17.5 Å². The molecule has 0 bridgehead atoms. The van der Waals surface area contributed by atoms with E-state index in [1.54, 1.807) is 0 Å². The maximum Gasteiger partial charge on any atom is 0.227 e. The number of aliphatic hydroxyl groups is 1. The van der Waals surface area contributed by atoms with E-state index in [4.69, 9.17) is 0 Å². The highest BCUT2D eigenvalue weighted by molar-refractivity contribution is 5.91. The van der Waals surface area contributed by atoms with Crippen molar-refractivity contribution in [1.29, 1.82) is 0 Å². The minimum absolute atomic E-state index is 0.124. The van der Waals surface area contributed by atoms with Crippen LogP contribution in [0.15, 0.2) is 24.3 Å². The van der Waals surface area contributed by atoms with Crippen molar-refractivity contribution < 1.29 is 14.7 Å². The van der Waals surface area contributed by atoms with E-state index in [0.717, 1.165) is 37.1 Å². The van der Waals surface area contributed by atoms with Crippen LogP contribution in [0.25, 0.3) is 0 Å². The van der Waals surface area contributed by atoms with E-state index < -0.39 is 5.60 Å². The predicted octanol–water partition coefficient (Wildman–Crippen LogP) is 3.47. The molecule has 1 heterocycles. The van der Waals surface area contributed by atoms with Crippen molar-refractivity contribution in [3.8, 4) is 0 Å². The highest BCUT2D eigenvalue weighted by Gasteiger charge is 2.28. The summed E-state index contributed by atoms with van der Waals surface area (Å²) in [7, 11) is 0. The first-order valence-electron chi connectivity index (χ1n) is 9.34. The Morgan fingerprint density at radius 2 is 1.84 bits per heavy atom. The van der Waals surface area contributed by atoms with Gasteiger partial charge < -0.3 is 15.3 Å². The van der Waals surface area contributed by atoms with E-state index in [9.17, 15) is 14.7 Å². The molecule has 1 aliphatic rings. The first kappa shape index (κ1) is 19.4. The van der Waals surface area contributed by atoms with E-state index in [1.807, 2.05) is 43.0 Å². The molecule has 0 unspecified atom stereocenters. The van der Waals surface area contributed by atoms with Gasteiger partial charge in [-0.05, 0) is 37.0 Å². The van der Waals surface area contributed by atoms with Gasteiger partial charge in [-0.25, -0.2) is 0 Å². The minimum Gasteiger partial charge on any atom is -0.389 e. The molecule has 0 radical (unpaired) electrons. The van der Waals surface area contributed by atoms with Crippen LogP contribution in [-0.2, 0) is 16.1 Å². The summed E-state index contributed by atoms with van der Waals surface area (Å²) in [4.78, 5) is 25.8. The van der Waals surface area contributed by atoms with Crippen molar-refractivity contribution in [2.75, 3.05) is 11.9 Å². The maximum absolute atomic E-state index is 12.3. The molecule has 1 aromatic carbocycles. The number of amides is 2. The lowest BCUT2D eigenvalue weighted by atomic mass is 9.89. The SMILES string of the molecule is CCCC(O)(CCC)CC(=O)Nc1ccc(CN2CCCC2=O)cc1. The van der Waals surface area contributed by atoms with Crippen LogP contribution in [0.2, 0.25) is 0 Å². The van der Waals surface area contributed by atoms with Crippen LogP contribution in [-0.4, -0.2) is 34.0 Å². The topological polar surface area (TPSA) is 69.6 Å². The second-order valence-electron chi connectivity index (χ2n) is 7.07. The molecule has 5 heteroatoms. The highest BCUT2D eigenvalue weighted by Crippen LogP contribution is 2.24. The predicted molar refractivity (Wildman–Crippen MR) is 99.1 cm³/mol. The van der Waals surface area contributed by atoms with Gasteiger partial charge >= 0.3 is 0 Å². The van der Waals surface area contributed by atoms with Crippen LogP contribution in [0, 0.1) is 0 Å². The Kier molecular flexibility index (Phi) is 7.00. The zero-order chi connectivity index (χ0) is 18.3. The number of carbonyl (C=O) groups is 2. The van der Waals surface area contributed by atoms with E-state index in [0.29, 0.717) is 25.8 Å². The number of nitrogens with one attached hydrogen (secondary N) is 1. The third kappa shape index (κ3) is 5.85. The van der Waals surface area contributed by atoms with Crippen molar-refractivity contribution in [2.45, 2.75) is 70.9 Å². The third-order valence-electron chi connectivity index (χ3n) is 4.70. The molecule has 0 spiro atoms. The lowest BCUT2D eigenvalue weighted by molar-refractivity contribution is -0.128. The number of hydrogen-bond acceptors (Lipinski definition) is 3. The van der Waals surface area contributed by atoms with Crippen molar-refractivity contribution in [2.24, 2.45) is 0 Å². The number of benzene rings is 1. The molecule has 0 aliphatic carbocycles. The molecule has 5 nitrogen and oxygen atoms in total. The van der Waals surface area contributed by atoms with E-state index in [1.165, 1.54) is 0 Å². The van der Waals surface area contributed by atoms with Crippen LogP contribution in [0.5, 0.6) is 0 Å². The lowest BCUT2D eigenvalue weighted by Crippen LogP contribution is -2.33. The summed E-state index contributed by atoms with van der Waals surface area (Å²) < 4.78 is 0. The summed E-state index contributed by atoms with van der Waals surface area (Å²) in [6.07, 6.45) is 4.69. The Morgan fingerprint density at radius 3 is 2.36 bits per heavy atom. The standard InChI is InChI=1S/C20H30N2O3/c1-3-11-20(25,12-4-2)14-18(23)21-17-9-7-16(8-10-17)15-22-13-5-6-19(22)24/h7-10,25H,3-6,11-15H2,1-2H3,(H,21,23). The van der Waals surface area contributed by atoms with E-state index >= 15 is 0 Å². The fourth-order valence-electron chi connectivity index (χ4n) is 3.52. The lowest BCUT2D eigenvalue weighted by Gasteiger charge is -2.26. The molecule has 1 aliphatic heterocycles. The number of anilines is 1. The van der Waals surface area contributed by atoms with Crippen LogP contribution in [0.4, 0.5) is 5.69 Å². The first-order valence-corrected chi connectivity index (χ1v) is 9.34. The van der Waals surface area contributed by atoms with Crippen molar-refractivity contribution in [3.63, 3.8) is 0 Å². The van der Waals surface area contributed by atoms with Gasteiger partial charge in [0.2, 0.25) is 11.8 Å². The molecule has 0 aromatic heterocycles. The number of nitrogens with zero attached hydrogens (tertiary/aromatic N) is 1. The molecule has 2 rings (SSSR count). The van der Waals surface area contributed by atoms with Crippen molar-refractivity contribution in [3.05, 3.63) is 29.8 Å². The Labute approximate surface area is 150 Å². The van der Waals surface area contributed by atoms with Gasteiger partial charge in [-0.15, -0.1) is 0 Å². The van der Waals surface area contributed by atoms with Gasteiger partial charge in [0.15, 0.2) is 0 Å². The van der Waals surface area contributed by atoms with E-state index in [-0.39, 0.29) is 18.2 Å².